The van der Waals surface area contributed by atoms with E-state index in [1.807, 2.05) is 0 Å². The van der Waals surface area contributed by atoms with E-state index in [1.54, 1.807) is 0 Å². The molecule has 0 spiro atoms. The molecule has 0 aliphatic carbocycles. The Morgan fingerprint density at radius 2 is 1.35 bits per heavy atom. The Kier molecular flexibility index (Phi) is 14.4. The topological polar surface area (TPSA) is 20.2 Å². The summed E-state index contributed by atoms with van der Waals surface area (Å²) in [6.45, 7) is 2.49. The highest BCUT2D eigenvalue weighted by atomic mass is 16.2. The second-order valence-electron chi connectivity index (χ2n) is 4.24. The average Bonchev–Trinajstić information content (AvgIpc) is 2.35. The Hall–Kier alpha value is -0.820. The largest absolute Gasteiger partial charge is 0.396 e. The van der Waals surface area contributed by atoms with E-state index < -0.39 is 0 Å². The van der Waals surface area contributed by atoms with Crippen molar-refractivity contribution in [2.45, 2.75) is 58.3 Å². The van der Waals surface area contributed by atoms with Gasteiger partial charge in [-0.1, -0.05) is 56.2 Å². The molecular formula is C16H28O. The number of rotatable bonds is 11. The maximum atomic E-state index is 8.62. The molecule has 0 amide bonds. The molecule has 0 aromatic carbocycles. The van der Waals surface area contributed by atoms with Gasteiger partial charge >= 0.3 is 0 Å². The Morgan fingerprint density at radius 3 is 2.12 bits per heavy atom. The van der Waals surface area contributed by atoms with Crippen LogP contribution < -0.4 is 0 Å². The van der Waals surface area contributed by atoms with Crippen molar-refractivity contribution in [2.75, 3.05) is 6.61 Å². The molecule has 1 N–H and O–H groups in total. The van der Waals surface area contributed by atoms with Gasteiger partial charge in [0, 0.05) is 6.61 Å². The van der Waals surface area contributed by atoms with Crippen LogP contribution in [0, 0.1) is 0 Å². The molecule has 0 aliphatic rings. The van der Waals surface area contributed by atoms with E-state index in [1.165, 1.54) is 19.3 Å². The van der Waals surface area contributed by atoms with Crippen molar-refractivity contribution in [3.05, 3.63) is 36.5 Å². The third kappa shape index (κ3) is 15.2. The molecular weight excluding hydrogens is 208 g/mol. The molecule has 1 heteroatoms. The molecule has 0 bridgehead atoms. The standard InChI is InChI=1S/C16H28O/c1-2-3-4-5-6-7-8-9-10-11-12-13-14-15-16-17/h3-6,9-10,17H,2,7-8,11-16H2,1H3/b4-3+,6-5+,10-9+. The van der Waals surface area contributed by atoms with Gasteiger partial charge in [-0.15, -0.1) is 0 Å². The van der Waals surface area contributed by atoms with E-state index in [0.717, 1.165) is 32.1 Å². The third-order valence-electron chi connectivity index (χ3n) is 2.56. The minimum atomic E-state index is 0.342. The fourth-order valence-electron chi connectivity index (χ4n) is 1.55. The van der Waals surface area contributed by atoms with Gasteiger partial charge in [0.15, 0.2) is 0 Å². The van der Waals surface area contributed by atoms with Crippen LogP contribution >= 0.6 is 0 Å². The molecule has 0 saturated heterocycles. The van der Waals surface area contributed by atoms with E-state index in [4.69, 9.17) is 5.11 Å². The first-order valence-corrected chi connectivity index (χ1v) is 6.99. The van der Waals surface area contributed by atoms with E-state index in [0.29, 0.717) is 6.61 Å². The van der Waals surface area contributed by atoms with Crippen LogP contribution in [0.2, 0.25) is 0 Å². The molecule has 17 heavy (non-hydrogen) atoms. The summed E-state index contributed by atoms with van der Waals surface area (Å²) in [6.07, 6.45) is 22.4. The summed E-state index contributed by atoms with van der Waals surface area (Å²) in [6, 6.07) is 0. The fraction of sp³-hybridized carbons (Fsp3) is 0.625. The van der Waals surface area contributed by atoms with Crippen molar-refractivity contribution >= 4 is 0 Å². The molecule has 0 saturated carbocycles. The maximum absolute atomic E-state index is 8.62. The van der Waals surface area contributed by atoms with Crippen molar-refractivity contribution in [3.8, 4) is 0 Å². The monoisotopic (exact) mass is 236 g/mol. The van der Waals surface area contributed by atoms with Gasteiger partial charge in [-0.05, 0) is 38.5 Å². The van der Waals surface area contributed by atoms with Crippen molar-refractivity contribution in [2.24, 2.45) is 0 Å². The number of hydrogen-bond acceptors (Lipinski definition) is 1. The molecule has 0 unspecified atom stereocenters. The lowest BCUT2D eigenvalue weighted by molar-refractivity contribution is 0.282. The van der Waals surface area contributed by atoms with Gasteiger partial charge in [-0.3, -0.25) is 0 Å². The summed E-state index contributed by atoms with van der Waals surface area (Å²) in [7, 11) is 0. The van der Waals surface area contributed by atoms with Gasteiger partial charge in [-0.2, -0.15) is 0 Å². The highest BCUT2D eigenvalue weighted by molar-refractivity contribution is 5.02. The van der Waals surface area contributed by atoms with Crippen molar-refractivity contribution in [1.82, 2.24) is 0 Å². The summed E-state index contributed by atoms with van der Waals surface area (Å²) in [5, 5.41) is 8.62. The van der Waals surface area contributed by atoms with Gasteiger partial charge in [0.1, 0.15) is 0 Å². The lowest BCUT2D eigenvalue weighted by Gasteiger charge is -1.95. The number of aliphatic hydroxyl groups excluding tert-OH is 1. The predicted octanol–water partition coefficient (Wildman–Crippen LogP) is 4.79. The smallest absolute Gasteiger partial charge is 0.0431 e. The predicted molar refractivity (Wildman–Crippen MR) is 77.1 cm³/mol. The fourth-order valence-corrected chi connectivity index (χ4v) is 1.55. The molecule has 0 atom stereocenters. The minimum absolute atomic E-state index is 0.342. The van der Waals surface area contributed by atoms with Crippen LogP contribution in [-0.4, -0.2) is 11.7 Å². The number of hydrogen-bond donors (Lipinski definition) is 1. The van der Waals surface area contributed by atoms with E-state index in [2.05, 4.69) is 43.4 Å². The molecule has 0 rings (SSSR count). The Balaban J connectivity index is 3.19. The quantitative estimate of drug-likeness (QED) is 0.311. The van der Waals surface area contributed by atoms with Gasteiger partial charge in [0.25, 0.3) is 0 Å². The summed E-state index contributed by atoms with van der Waals surface area (Å²) < 4.78 is 0. The Morgan fingerprint density at radius 1 is 0.706 bits per heavy atom. The van der Waals surface area contributed by atoms with Gasteiger partial charge in [0.2, 0.25) is 0 Å². The number of aliphatic hydroxyl groups is 1. The first-order chi connectivity index (χ1) is 8.41. The van der Waals surface area contributed by atoms with Crippen molar-refractivity contribution in [1.29, 1.82) is 0 Å². The van der Waals surface area contributed by atoms with Crippen molar-refractivity contribution in [3.63, 3.8) is 0 Å². The van der Waals surface area contributed by atoms with Gasteiger partial charge in [-0.25, -0.2) is 0 Å². The Bertz CT molecular complexity index is 214. The minimum Gasteiger partial charge on any atom is -0.396 e. The molecule has 98 valence electrons. The summed E-state index contributed by atoms with van der Waals surface area (Å²) in [4.78, 5) is 0. The number of allylic oxidation sites excluding steroid dienone is 6. The van der Waals surface area contributed by atoms with Crippen LogP contribution in [0.5, 0.6) is 0 Å². The Labute approximate surface area is 107 Å². The van der Waals surface area contributed by atoms with E-state index in [-0.39, 0.29) is 0 Å². The molecule has 1 nitrogen and oxygen atoms in total. The molecule has 0 aromatic rings. The third-order valence-corrected chi connectivity index (χ3v) is 2.56. The van der Waals surface area contributed by atoms with Crippen LogP contribution in [0.1, 0.15) is 58.3 Å². The van der Waals surface area contributed by atoms with E-state index >= 15 is 0 Å². The molecule has 0 aromatic heterocycles. The van der Waals surface area contributed by atoms with Gasteiger partial charge < -0.3 is 5.11 Å². The molecule has 0 aliphatic heterocycles. The zero-order valence-electron chi connectivity index (χ0n) is 11.3. The van der Waals surface area contributed by atoms with Crippen molar-refractivity contribution < 1.29 is 5.11 Å². The highest BCUT2D eigenvalue weighted by Crippen LogP contribution is 2.04. The normalized spacial score (nSPS) is 12.4. The van der Waals surface area contributed by atoms with Crippen LogP contribution in [0.15, 0.2) is 36.5 Å². The summed E-state index contributed by atoms with van der Waals surface area (Å²) >= 11 is 0. The second-order valence-corrected chi connectivity index (χ2v) is 4.24. The first kappa shape index (κ1) is 16.2. The average molecular weight is 236 g/mol. The maximum Gasteiger partial charge on any atom is 0.0431 e. The zero-order chi connectivity index (χ0) is 12.6. The summed E-state index contributed by atoms with van der Waals surface area (Å²) in [5.41, 5.74) is 0. The van der Waals surface area contributed by atoms with Crippen LogP contribution in [0.4, 0.5) is 0 Å². The molecule has 0 heterocycles. The second kappa shape index (κ2) is 15.2. The van der Waals surface area contributed by atoms with E-state index in [9.17, 15) is 0 Å². The van der Waals surface area contributed by atoms with Gasteiger partial charge in [0.05, 0.1) is 0 Å². The first-order valence-electron chi connectivity index (χ1n) is 6.99. The van der Waals surface area contributed by atoms with Crippen LogP contribution in [-0.2, 0) is 0 Å². The van der Waals surface area contributed by atoms with Crippen LogP contribution in [0.3, 0.4) is 0 Å². The van der Waals surface area contributed by atoms with Crippen LogP contribution in [0.25, 0.3) is 0 Å². The highest BCUT2D eigenvalue weighted by Gasteiger charge is 1.86. The lowest BCUT2D eigenvalue weighted by Crippen LogP contribution is -1.82. The zero-order valence-corrected chi connectivity index (χ0v) is 11.3. The number of unbranched alkanes of at least 4 members (excludes halogenated alkanes) is 5. The summed E-state index contributed by atoms with van der Waals surface area (Å²) in [5.74, 6) is 0. The molecule has 0 radical (unpaired) electrons. The SMILES string of the molecule is CC/C=C/C=C/CC/C=C/CCCCCCO. The molecule has 0 fully saturated rings. The lowest BCUT2D eigenvalue weighted by atomic mass is 10.1.